The maximum absolute atomic E-state index is 6.08. The topological polar surface area (TPSA) is 42.1 Å². The van der Waals surface area contributed by atoms with Crippen molar-refractivity contribution in [2.45, 2.75) is 38.4 Å². The number of hydrogen-bond acceptors (Lipinski definition) is 4. The van der Waals surface area contributed by atoms with E-state index in [2.05, 4.69) is 32.8 Å². The summed E-state index contributed by atoms with van der Waals surface area (Å²) in [6.07, 6.45) is 4.39. The number of aromatic nitrogens is 1. The molecule has 1 atom stereocenters. The number of thiophene rings is 1. The molecule has 0 spiro atoms. The normalized spacial score (nSPS) is 16.3. The molecular formula is C15H19N3S. The minimum atomic E-state index is 0.0208. The molecule has 2 N–H and O–H groups in total. The summed E-state index contributed by atoms with van der Waals surface area (Å²) in [5.41, 5.74) is 8.58. The van der Waals surface area contributed by atoms with Crippen LogP contribution in [0.3, 0.4) is 0 Å². The number of hydrogen-bond donors (Lipinski definition) is 1. The Morgan fingerprint density at radius 3 is 2.95 bits per heavy atom. The number of anilines is 1. The molecule has 0 aromatic carbocycles. The number of pyridine rings is 1. The minimum Gasteiger partial charge on any atom is -0.349 e. The van der Waals surface area contributed by atoms with Crippen LogP contribution < -0.4 is 10.6 Å². The van der Waals surface area contributed by atoms with Crippen LogP contribution in [-0.4, -0.2) is 11.0 Å². The van der Waals surface area contributed by atoms with Gasteiger partial charge in [0.05, 0.1) is 0 Å². The van der Waals surface area contributed by atoms with Gasteiger partial charge in [0.15, 0.2) is 0 Å². The van der Waals surface area contributed by atoms with Gasteiger partial charge in [-0.15, -0.1) is 0 Å². The molecule has 1 aliphatic rings. The SMILES string of the molecule is CC(N)c1cccnc1N(Cc1ccsc1)C1CC1. The van der Waals surface area contributed by atoms with Crippen molar-refractivity contribution in [3.8, 4) is 0 Å². The van der Waals surface area contributed by atoms with E-state index < -0.39 is 0 Å². The molecule has 0 amide bonds. The summed E-state index contributed by atoms with van der Waals surface area (Å²) < 4.78 is 0. The van der Waals surface area contributed by atoms with E-state index in [-0.39, 0.29) is 6.04 Å². The fourth-order valence-corrected chi connectivity index (χ4v) is 3.01. The molecule has 1 fully saturated rings. The van der Waals surface area contributed by atoms with Crippen molar-refractivity contribution in [1.82, 2.24) is 4.98 Å². The summed E-state index contributed by atoms with van der Waals surface area (Å²) in [7, 11) is 0. The molecule has 1 saturated carbocycles. The van der Waals surface area contributed by atoms with Crippen molar-refractivity contribution in [3.05, 3.63) is 46.3 Å². The molecule has 0 bridgehead atoms. The molecule has 3 nitrogen and oxygen atoms in total. The van der Waals surface area contributed by atoms with E-state index in [4.69, 9.17) is 5.73 Å². The largest absolute Gasteiger partial charge is 0.349 e. The molecule has 1 aliphatic carbocycles. The molecule has 4 heteroatoms. The van der Waals surface area contributed by atoms with Crippen molar-refractivity contribution in [2.24, 2.45) is 5.73 Å². The Labute approximate surface area is 118 Å². The number of nitrogens with zero attached hydrogens (tertiary/aromatic N) is 2. The molecule has 2 aromatic heterocycles. The zero-order valence-corrected chi connectivity index (χ0v) is 11.9. The standard InChI is InChI=1S/C15H19N3S/c1-11(16)14-3-2-7-17-15(14)18(13-4-5-13)9-12-6-8-19-10-12/h2-3,6-8,10-11,13H,4-5,9,16H2,1H3. The molecule has 0 aliphatic heterocycles. The monoisotopic (exact) mass is 273 g/mol. The highest BCUT2D eigenvalue weighted by molar-refractivity contribution is 7.07. The Hall–Kier alpha value is -1.39. The Morgan fingerprint density at radius 2 is 2.32 bits per heavy atom. The summed E-state index contributed by atoms with van der Waals surface area (Å²) in [6, 6.07) is 6.90. The van der Waals surface area contributed by atoms with E-state index in [1.165, 1.54) is 18.4 Å². The first-order chi connectivity index (χ1) is 9.25. The lowest BCUT2D eigenvalue weighted by molar-refractivity contribution is 0.742. The lowest BCUT2D eigenvalue weighted by Crippen LogP contribution is -2.28. The van der Waals surface area contributed by atoms with E-state index in [1.807, 2.05) is 19.2 Å². The van der Waals surface area contributed by atoms with Gasteiger partial charge < -0.3 is 10.6 Å². The third kappa shape index (κ3) is 2.80. The average Bonchev–Trinajstić information content (AvgIpc) is 3.13. The van der Waals surface area contributed by atoms with Crippen LogP contribution in [0.1, 0.15) is 36.9 Å². The second-order valence-electron chi connectivity index (χ2n) is 5.20. The van der Waals surface area contributed by atoms with Crippen LogP contribution in [-0.2, 0) is 6.54 Å². The predicted molar refractivity (Wildman–Crippen MR) is 80.4 cm³/mol. The van der Waals surface area contributed by atoms with E-state index in [0.717, 1.165) is 17.9 Å². The van der Waals surface area contributed by atoms with Crippen LogP contribution in [0.5, 0.6) is 0 Å². The highest BCUT2D eigenvalue weighted by atomic mass is 32.1. The van der Waals surface area contributed by atoms with Crippen molar-refractivity contribution in [1.29, 1.82) is 0 Å². The molecule has 0 radical (unpaired) electrons. The second kappa shape index (κ2) is 5.31. The summed E-state index contributed by atoms with van der Waals surface area (Å²) in [5, 5.41) is 4.34. The molecule has 19 heavy (non-hydrogen) atoms. The lowest BCUT2D eigenvalue weighted by Gasteiger charge is -2.26. The van der Waals surface area contributed by atoms with Gasteiger partial charge in [-0.05, 0) is 48.2 Å². The van der Waals surface area contributed by atoms with Crippen molar-refractivity contribution in [2.75, 3.05) is 4.90 Å². The number of rotatable bonds is 5. The van der Waals surface area contributed by atoms with Crippen LogP contribution in [0.4, 0.5) is 5.82 Å². The number of nitrogens with two attached hydrogens (primary N) is 1. The van der Waals surface area contributed by atoms with Gasteiger partial charge in [0.2, 0.25) is 0 Å². The lowest BCUT2D eigenvalue weighted by atomic mass is 10.1. The summed E-state index contributed by atoms with van der Waals surface area (Å²) in [6.45, 7) is 2.96. The molecular weight excluding hydrogens is 254 g/mol. The fraction of sp³-hybridized carbons (Fsp3) is 0.400. The van der Waals surface area contributed by atoms with Gasteiger partial charge in [0.25, 0.3) is 0 Å². The minimum absolute atomic E-state index is 0.0208. The van der Waals surface area contributed by atoms with Gasteiger partial charge in [-0.25, -0.2) is 4.98 Å². The first-order valence-electron chi connectivity index (χ1n) is 6.74. The van der Waals surface area contributed by atoms with Crippen LogP contribution >= 0.6 is 11.3 Å². The van der Waals surface area contributed by atoms with E-state index in [9.17, 15) is 0 Å². The van der Waals surface area contributed by atoms with Gasteiger partial charge in [0, 0.05) is 30.4 Å². The van der Waals surface area contributed by atoms with Gasteiger partial charge >= 0.3 is 0 Å². The van der Waals surface area contributed by atoms with Gasteiger partial charge in [-0.2, -0.15) is 11.3 Å². The van der Waals surface area contributed by atoms with Gasteiger partial charge in [-0.3, -0.25) is 0 Å². The van der Waals surface area contributed by atoms with Crippen molar-refractivity contribution < 1.29 is 0 Å². The van der Waals surface area contributed by atoms with Crippen LogP contribution in [0.25, 0.3) is 0 Å². The Balaban J connectivity index is 1.92. The molecule has 2 heterocycles. The second-order valence-corrected chi connectivity index (χ2v) is 5.98. The maximum atomic E-state index is 6.08. The van der Waals surface area contributed by atoms with Crippen LogP contribution in [0, 0.1) is 0 Å². The quantitative estimate of drug-likeness (QED) is 0.908. The van der Waals surface area contributed by atoms with Crippen molar-refractivity contribution in [3.63, 3.8) is 0 Å². The molecule has 3 rings (SSSR count). The van der Waals surface area contributed by atoms with Crippen LogP contribution in [0.2, 0.25) is 0 Å². The summed E-state index contributed by atoms with van der Waals surface area (Å²) >= 11 is 1.75. The molecule has 1 unspecified atom stereocenters. The Bertz CT molecular complexity index is 532. The maximum Gasteiger partial charge on any atom is 0.133 e. The third-order valence-corrected chi connectivity index (χ3v) is 4.23. The Kier molecular flexibility index (Phi) is 3.53. The predicted octanol–water partition coefficient (Wildman–Crippen LogP) is 3.33. The average molecular weight is 273 g/mol. The molecule has 100 valence electrons. The molecule has 2 aromatic rings. The van der Waals surface area contributed by atoms with E-state index >= 15 is 0 Å². The van der Waals surface area contributed by atoms with E-state index in [0.29, 0.717) is 6.04 Å². The van der Waals surface area contributed by atoms with Crippen LogP contribution in [0.15, 0.2) is 35.2 Å². The fourth-order valence-electron chi connectivity index (χ4n) is 2.35. The Morgan fingerprint density at radius 1 is 1.47 bits per heavy atom. The zero-order valence-electron chi connectivity index (χ0n) is 11.1. The first kappa shape index (κ1) is 12.6. The van der Waals surface area contributed by atoms with Gasteiger partial charge in [-0.1, -0.05) is 6.07 Å². The summed E-state index contributed by atoms with van der Waals surface area (Å²) in [5.74, 6) is 1.06. The first-order valence-corrected chi connectivity index (χ1v) is 7.68. The molecule has 0 saturated heterocycles. The highest BCUT2D eigenvalue weighted by Gasteiger charge is 2.31. The van der Waals surface area contributed by atoms with Crippen molar-refractivity contribution >= 4 is 17.2 Å². The highest BCUT2D eigenvalue weighted by Crippen LogP contribution is 2.35. The third-order valence-electron chi connectivity index (χ3n) is 3.50. The van der Waals surface area contributed by atoms with E-state index in [1.54, 1.807) is 11.3 Å². The smallest absolute Gasteiger partial charge is 0.133 e. The zero-order chi connectivity index (χ0) is 13.2. The summed E-state index contributed by atoms with van der Waals surface area (Å²) in [4.78, 5) is 7.01. The van der Waals surface area contributed by atoms with Gasteiger partial charge in [0.1, 0.15) is 5.82 Å².